The topological polar surface area (TPSA) is 354 Å². The average Bonchev–Trinajstić information content (AvgIpc) is 0.899. The van der Waals surface area contributed by atoms with E-state index in [1.165, 1.54) is 156 Å². The van der Waals surface area contributed by atoms with Crippen molar-refractivity contribution >= 4 is 36.3 Å². The molecule has 0 aliphatic carbocycles. The molecule has 0 aliphatic rings. The molecular weight excluding hydrogens is 1380 g/mol. The Kier molecular flexibility index (Phi) is 34.5. The van der Waals surface area contributed by atoms with Crippen LogP contribution < -0.4 is 52.3 Å². The molecule has 106 heavy (non-hydrogen) atoms. The van der Waals surface area contributed by atoms with Crippen LogP contribution in [0, 0.1) is 37.1 Å². The molecule has 30 heteroatoms. The third-order valence-corrected chi connectivity index (χ3v) is 14.3. The summed E-state index contributed by atoms with van der Waals surface area (Å²) >= 11 is 0. The van der Waals surface area contributed by atoms with Crippen LogP contribution in [-0.2, 0) is 22.4 Å². The van der Waals surface area contributed by atoms with Gasteiger partial charge in [-0.2, -0.15) is 0 Å². The molecule has 4 aromatic carbocycles. The van der Waals surface area contributed by atoms with Crippen LogP contribution in [0.3, 0.4) is 0 Å². The van der Waals surface area contributed by atoms with Gasteiger partial charge in [-0.15, -0.1) is 0 Å². The maximum Gasteiger partial charge on any atom is 1.00 e. The summed E-state index contributed by atoms with van der Waals surface area (Å²) in [6.07, 6.45) is 13.5. The third kappa shape index (κ3) is 26.7. The number of ether oxygens (including phenoxy) is 2. The van der Waals surface area contributed by atoms with E-state index in [4.69, 9.17) is 22.3 Å². The summed E-state index contributed by atoms with van der Waals surface area (Å²) in [6.45, 7) is 4.43. The molecule has 0 atom stereocenters. The van der Waals surface area contributed by atoms with Gasteiger partial charge >= 0.3 is 43.9 Å². The van der Waals surface area contributed by atoms with Crippen molar-refractivity contribution in [3.63, 3.8) is 0 Å². The normalized spacial score (nSPS) is 9.98. The van der Waals surface area contributed by atoms with Crippen molar-refractivity contribution < 1.29 is 91.5 Å². The maximum absolute atomic E-state index is 13.4. The van der Waals surface area contributed by atoms with E-state index in [1.54, 1.807) is 42.9 Å². The molecule has 0 spiro atoms. The number of aryl methyl sites for hydroxylation is 3. The van der Waals surface area contributed by atoms with Crippen LogP contribution >= 0.6 is 0 Å². The molecule has 12 rings (SSSR count). The average molecular weight is 1450 g/mol. The number of carboxylic acids is 1. The first-order valence-corrected chi connectivity index (χ1v) is 30.8. The van der Waals surface area contributed by atoms with Crippen LogP contribution in [0.15, 0.2) is 263 Å². The number of halogens is 5. The quantitative estimate of drug-likeness (QED) is 0.0317. The minimum absolute atomic E-state index is 0. The van der Waals surface area contributed by atoms with Gasteiger partial charge in [0.25, 0.3) is 16.7 Å². The van der Waals surface area contributed by atoms with Gasteiger partial charge in [-0.3, -0.25) is 62.0 Å². The molecule has 12 aromatic rings. The molecule has 23 nitrogen and oxygen atoms in total. The number of hydrogen-bond acceptors (Lipinski definition) is 18. The number of aromatic nitrogens is 8. The number of nitrogens with zero attached hydrogens (tertiary/aromatic N) is 7. The summed E-state index contributed by atoms with van der Waals surface area (Å²) in [5, 5.41) is 25.8. The Balaban J connectivity index is 0.000000280. The molecule has 0 unspecified atom stereocenters. The zero-order valence-electron chi connectivity index (χ0n) is 58.5. The minimum atomic E-state index is -1.59. The molecule has 0 bridgehead atoms. The van der Waals surface area contributed by atoms with Crippen molar-refractivity contribution in [1.29, 1.82) is 0 Å². The zero-order valence-corrected chi connectivity index (χ0v) is 57.5. The number of nitrogens with two attached hydrogens (primary N) is 1. The number of aromatic amines is 1. The Hall–Kier alpha value is -12.5. The molecule has 8 aromatic heterocycles. The Morgan fingerprint density at radius 1 is 0.528 bits per heavy atom. The van der Waals surface area contributed by atoms with E-state index in [-0.39, 0.29) is 69.8 Å². The number of carboxylic acid groups (broad SMARTS) is 1. The van der Waals surface area contributed by atoms with Crippen LogP contribution in [-0.4, -0.2) is 111 Å². The molecule has 0 aliphatic heterocycles. The maximum atomic E-state index is 13.4. The van der Waals surface area contributed by atoms with Crippen LogP contribution in [0.5, 0.6) is 0 Å². The van der Waals surface area contributed by atoms with E-state index in [1.807, 2.05) is 68.6 Å². The molecule has 0 saturated heterocycles. The summed E-state index contributed by atoms with van der Waals surface area (Å²) in [7, 11) is -0.0834. The van der Waals surface area contributed by atoms with Crippen molar-refractivity contribution in [3.05, 3.63) is 353 Å². The van der Waals surface area contributed by atoms with Crippen molar-refractivity contribution in [2.45, 2.75) is 33.2 Å². The largest absolute Gasteiger partial charge is 1.00 e. The van der Waals surface area contributed by atoms with Crippen molar-refractivity contribution in [2.24, 2.45) is 5.73 Å². The molecular formula is C76H68BF5LiN9O14. The van der Waals surface area contributed by atoms with Gasteiger partial charge in [0.05, 0.1) is 67.9 Å². The van der Waals surface area contributed by atoms with Gasteiger partial charge in [0.15, 0.2) is 5.78 Å². The van der Waals surface area contributed by atoms with Gasteiger partial charge in [0.2, 0.25) is 5.56 Å². The number of pyridine rings is 8. The number of ketones is 1. The number of H-pyrrole nitrogens is 1. The molecule has 7 N–H and O–H groups in total. The standard InChI is InChI=1S/C25H20FN3O2.C13H10FNO3.C12H8FNO3.C12H13N3.C7H7NO3.C6H6BFO2.CH3F.Li.H2O/c1-17-13-19(9-11-27-17)23-7-5-18(16-28-23)6-8-24(30)20-10-12-29(25(31)14-20)22-4-2-3-21(26)15-22;1-18-13(17)9-5-6-15(12(16)7-9)11-4-2-3-10(14)8-11;13-9-2-1-3-10(7-9)14-5-4-8(12(16)17)6-11(14)15;1-9-6-11(4-5-14-9)12-3-2-10(7-13)8-15-12;1-11-7(10)5-2-3-8-6(9)4-5;8-6-3-1-2-5(4-6)7(9)10;1-2;;/h2-5,7,9-16H,6,8H2,1H3;2-8H,1H3;1-7H,(H,16,17);2-6,8H,7,13H2,1H3;2-4H,1H3,(H,8,9);1-4,9-10H;1H3;;1H2/q;;;;;;;+1;/p-1/i;;;;;;1D;;. The molecule has 0 amide bonds. The third-order valence-electron chi connectivity index (χ3n) is 14.3. The van der Waals surface area contributed by atoms with Crippen molar-refractivity contribution in [2.75, 3.05) is 21.4 Å². The van der Waals surface area contributed by atoms with Gasteiger partial charge < -0.3 is 40.8 Å². The smallest absolute Gasteiger partial charge is 0.870 e. The number of aromatic carboxylic acids is 1. The SMILES string of the molecule is COC(=O)c1cc[nH]c(=O)c1.COC(=O)c1ccn(-c2cccc(F)c2)c(=O)c1.Cc1cc(-c2ccc(CCC(=O)c3ccn(-c4cccc(F)c4)c(=O)c3)cn2)ccn1.Cc1cc(-c2ccc(CN)cn2)ccn1.O=C(O)c1ccn(-c2cccc(F)c2)c(=O)c1.OB(O)c1cccc(F)c1.[2H]CF.[Li+].[OH-]. The Bertz CT molecular complexity index is 5180. The van der Waals surface area contributed by atoms with E-state index in [9.17, 15) is 60.3 Å². The molecule has 540 valence electrons. The fourth-order valence-electron chi connectivity index (χ4n) is 9.13. The first-order chi connectivity index (χ1) is 50.3. The second-order valence-corrected chi connectivity index (χ2v) is 21.6. The van der Waals surface area contributed by atoms with Crippen LogP contribution in [0.25, 0.3) is 39.6 Å². The number of alkyl halides is 1. The number of benzene rings is 4. The number of esters is 2. The number of Topliss-reactive ketones (excluding diaryl/α,β-unsaturated/α-hetero) is 1. The summed E-state index contributed by atoms with van der Waals surface area (Å²) < 4.78 is 79.9. The Labute approximate surface area is 616 Å². The fourth-order valence-corrected chi connectivity index (χ4v) is 9.13. The van der Waals surface area contributed by atoms with E-state index in [0.717, 1.165) is 63.2 Å². The number of carbonyl (C=O) groups is 4. The first-order valence-electron chi connectivity index (χ1n) is 31.5. The summed E-state index contributed by atoms with van der Waals surface area (Å²) in [6, 6.07) is 48.2. The first kappa shape index (κ1) is 84.2. The van der Waals surface area contributed by atoms with Crippen molar-refractivity contribution in [3.8, 4) is 39.6 Å². The van der Waals surface area contributed by atoms with Gasteiger partial charge in [0, 0.05) is 115 Å². The van der Waals surface area contributed by atoms with Gasteiger partial charge in [-0.1, -0.05) is 42.5 Å². The number of rotatable bonds is 14. The van der Waals surface area contributed by atoms with Gasteiger partial charge in [0.1, 0.15) is 23.3 Å². The van der Waals surface area contributed by atoms with Gasteiger partial charge in [-0.25, -0.2) is 31.9 Å². The second kappa shape index (κ2) is 43.5. The summed E-state index contributed by atoms with van der Waals surface area (Å²) in [5.41, 5.74) is 13.7. The van der Waals surface area contributed by atoms with Gasteiger partial charge in [-0.05, 0) is 164 Å². The van der Waals surface area contributed by atoms with E-state index in [0.29, 0.717) is 35.6 Å². The van der Waals surface area contributed by atoms with Crippen LogP contribution in [0.4, 0.5) is 22.0 Å². The predicted octanol–water partition coefficient (Wildman–Crippen LogP) is 6.99. The van der Waals surface area contributed by atoms with Crippen molar-refractivity contribution in [1.82, 2.24) is 38.6 Å². The summed E-state index contributed by atoms with van der Waals surface area (Å²) in [5.74, 6) is -4.18. The molecule has 8 heterocycles. The number of carbonyl (C=O) groups excluding carboxylic acids is 3. The zero-order chi connectivity index (χ0) is 76.5. The Morgan fingerprint density at radius 2 is 0.934 bits per heavy atom. The molecule has 0 saturated carbocycles. The number of methoxy groups -OCH3 is 2. The number of hydrogen-bond donors (Lipinski definition) is 5. The monoisotopic (exact) mass is 1440 g/mol. The van der Waals surface area contributed by atoms with E-state index in [2.05, 4.69) is 34.4 Å². The molecule has 0 fully saturated rings. The predicted molar refractivity (Wildman–Crippen MR) is 383 cm³/mol. The van der Waals surface area contributed by atoms with Crippen LogP contribution in [0.1, 0.15) is 71.7 Å². The summed E-state index contributed by atoms with van der Waals surface area (Å²) in [4.78, 5) is 111. The molecule has 0 radical (unpaired) electrons. The number of nitrogens with one attached hydrogen (secondary N) is 1. The van der Waals surface area contributed by atoms with E-state index < -0.39 is 66.6 Å². The van der Waals surface area contributed by atoms with Crippen LogP contribution in [0.2, 0.25) is 0 Å². The van der Waals surface area contributed by atoms with E-state index >= 15 is 0 Å². The Morgan fingerprint density at radius 3 is 1.30 bits per heavy atom. The minimum Gasteiger partial charge on any atom is -0.870 e. The fraction of sp³-hybridized carbons (Fsp3) is 0.105. The second-order valence-electron chi connectivity index (χ2n) is 21.6.